The van der Waals surface area contributed by atoms with Crippen LogP contribution in [0.15, 0.2) is 23.2 Å². The molecule has 2 aromatic rings. The fourth-order valence-corrected chi connectivity index (χ4v) is 3.26. The molecule has 3 rings (SSSR count). The Hall–Kier alpha value is -2.28. The lowest BCUT2D eigenvalue weighted by molar-refractivity contribution is 0.414. The minimum atomic E-state index is 0.519. The highest BCUT2D eigenvalue weighted by Gasteiger charge is 2.16. The second-order valence-corrected chi connectivity index (χ2v) is 6.52. The number of ether oxygens (including phenoxy) is 1. The molecular weight excluding hydrogens is 352 g/mol. The lowest BCUT2D eigenvalue weighted by Crippen LogP contribution is -2.38. The van der Waals surface area contributed by atoms with Crippen molar-refractivity contribution < 1.29 is 4.74 Å². The van der Waals surface area contributed by atoms with Crippen LogP contribution in [0, 0.1) is 0 Å². The van der Waals surface area contributed by atoms with Gasteiger partial charge in [-0.3, -0.25) is 0 Å². The number of nitrogens with one attached hydrogen (secondary N) is 2. The summed E-state index contributed by atoms with van der Waals surface area (Å²) in [6.07, 6.45) is 2.95. The molecule has 1 aliphatic rings. The Bertz CT molecular complexity index is 773. The summed E-state index contributed by atoms with van der Waals surface area (Å²) in [5.74, 6) is 3.53. The summed E-state index contributed by atoms with van der Waals surface area (Å²) < 4.78 is 7.35. The SMILES string of the molecule is CCNC(=NCc1nnc2n1CCC2)NCCc1ccc(OC)cc1Cl. The van der Waals surface area contributed by atoms with E-state index in [1.807, 2.05) is 25.1 Å². The normalized spacial score (nSPS) is 13.6. The van der Waals surface area contributed by atoms with Crippen LogP contribution < -0.4 is 15.4 Å². The molecule has 8 heteroatoms. The van der Waals surface area contributed by atoms with E-state index in [1.54, 1.807) is 7.11 Å². The first kappa shape index (κ1) is 18.5. The van der Waals surface area contributed by atoms with Crippen molar-refractivity contribution in [1.82, 2.24) is 25.4 Å². The summed E-state index contributed by atoms with van der Waals surface area (Å²) in [6, 6.07) is 5.75. The number of benzene rings is 1. The third kappa shape index (κ3) is 4.46. The highest BCUT2D eigenvalue weighted by Crippen LogP contribution is 2.22. The highest BCUT2D eigenvalue weighted by atomic mass is 35.5. The maximum absolute atomic E-state index is 6.30. The fraction of sp³-hybridized carbons (Fsp3) is 0.500. The van der Waals surface area contributed by atoms with Gasteiger partial charge in [-0.25, -0.2) is 4.99 Å². The van der Waals surface area contributed by atoms with Crippen molar-refractivity contribution in [2.75, 3.05) is 20.2 Å². The monoisotopic (exact) mass is 376 g/mol. The number of aryl methyl sites for hydroxylation is 1. The standard InChI is InChI=1S/C18H25ClN6O/c1-3-20-18(22-12-17-24-23-16-5-4-10-25(16)17)21-9-8-13-6-7-14(26-2)11-15(13)19/h6-7,11H,3-5,8-10,12H2,1-2H3,(H2,20,21,22). The molecule has 1 aromatic carbocycles. The van der Waals surface area contributed by atoms with Crippen LogP contribution in [0.5, 0.6) is 5.75 Å². The molecule has 140 valence electrons. The van der Waals surface area contributed by atoms with Gasteiger partial charge >= 0.3 is 0 Å². The van der Waals surface area contributed by atoms with E-state index in [2.05, 4.69) is 30.4 Å². The predicted octanol–water partition coefficient (Wildman–Crippen LogP) is 2.18. The van der Waals surface area contributed by atoms with Crippen LogP contribution in [0.3, 0.4) is 0 Å². The largest absolute Gasteiger partial charge is 0.497 e. The Morgan fingerprint density at radius 2 is 2.23 bits per heavy atom. The zero-order chi connectivity index (χ0) is 18.4. The van der Waals surface area contributed by atoms with E-state index >= 15 is 0 Å². The van der Waals surface area contributed by atoms with Gasteiger partial charge in [-0.2, -0.15) is 0 Å². The predicted molar refractivity (Wildman–Crippen MR) is 103 cm³/mol. The molecule has 0 saturated heterocycles. The molecule has 26 heavy (non-hydrogen) atoms. The van der Waals surface area contributed by atoms with Gasteiger partial charge in [0.15, 0.2) is 11.8 Å². The van der Waals surface area contributed by atoms with E-state index in [4.69, 9.17) is 16.3 Å². The van der Waals surface area contributed by atoms with E-state index in [-0.39, 0.29) is 0 Å². The molecule has 1 aromatic heterocycles. The molecule has 0 radical (unpaired) electrons. The summed E-state index contributed by atoms with van der Waals surface area (Å²) in [5, 5.41) is 15.8. The van der Waals surface area contributed by atoms with Gasteiger partial charge < -0.3 is 19.9 Å². The number of aliphatic imine (C=N–C) groups is 1. The Kier molecular flexibility index (Phi) is 6.33. The number of aromatic nitrogens is 3. The van der Waals surface area contributed by atoms with Crippen LogP contribution in [0.25, 0.3) is 0 Å². The van der Waals surface area contributed by atoms with Crippen molar-refractivity contribution in [1.29, 1.82) is 0 Å². The lowest BCUT2D eigenvalue weighted by Gasteiger charge is -2.12. The maximum atomic E-state index is 6.30. The summed E-state index contributed by atoms with van der Waals surface area (Å²) in [4.78, 5) is 4.63. The van der Waals surface area contributed by atoms with Gasteiger partial charge in [0, 0.05) is 31.1 Å². The number of nitrogens with zero attached hydrogens (tertiary/aromatic N) is 4. The van der Waals surface area contributed by atoms with Gasteiger partial charge in [0.2, 0.25) is 0 Å². The molecule has 2 heterocycles. The second kappa shape index (κ2) is 8.89. The third-order valence-corrected chi connectivity index (χ3v) is 4.71. The molecule has 0 fully saturated rings. The molecular formula is C18H25ClN6O. The first-order valence-corrected chi connectivity index (χ1v) is 9.34. The number of methoxy groups -OCH3 is 1. The molecule has 0 unspecified atom stereocenters. The lowest BCUT2D eigenvalue weighted by atomic mass is 10.1. The van der Waals surface area contributed by atoms with Crippen molar-refractivity contribution in [3.8, 4) is 5.75 Å². The second-order valence-electron chi connectivity index (χ2n) is 6.12. The molecule has 0 amide bonds. The molecule has 2 N–H and O–H groups in total. The third-order valence-electron chi connectivity index (χ3n) is 4.36. The van der Waals surface area contributed by atoms with Crippen LogP contribution in [-0.4, -0.2) is 40.9 Å². The molecule has 0 aliphatic carbocycles. The zero-order valence-corrected chi connectivity index (χ0v) is 16.0. The molecule has 0 spiro atoms. The molecule has 7 nitrogen and oxygen atoms in total. The van der Waals surface area contributed by atoms with E-state index in [0.29, 0.717) is 11.6 Å². The molecule has 0 saturated carbocycles. The number of fused-ring (bicyclic) bond motifs is 1. The van der Waals surface area contributed by atoms with Crippen LogP contribution in [-0.2, 0) is 25.9 Å². The van der Waals surface area contributed by atoms with Gasteiger partial charge in [-0.05, 0) is 37.5 Å². The fourth-order valence-electron chi connectivity index (χ4n) is 2.99. The number of rotatable bonds is 7. The van der Waals surface area contributed by atoms with Gasteiger partial charge in [-0.1, -0.05) is 17.7 Å². The summed E-state index contributed by atoms with van der Waals surface area (Å²) in [7, 11) is 1.64. The molecule has 0 bridgehead atoms. The zero-order valence-electron chi connectivity index (χ0n) is 15.3. The van der Waals surface area contributed by atoms with E-state index in [1.165, 1.54) is 0 Å². The number of guanidine groups is 1. The van der Waals surface area contributed by atoms with Crippen LogP contribution in [0.4, 0.5) is 0 Å². The smallest absolute Gasteiger partial charge is 0.191 e. The van der Waals surface area contributed by atoms with Gasteiger partial charge in [0.25, 0.3) is 0 Å². The molecule has 1 aliphatic heterocycles. The van der Waals surface area contributed by atoms with Crippen LogP contribution >= 0.6 is 11.6 Å². The van der Waals surface area contributed by atoms with Crippen molar-refractivity contribution in [2.24, 2.45) is 4.99 Å². The minimum absolute atomic E-state index is 0.519. The van der Waals surface area contributed by atoms with Crippen LogP contribution in [0.2, 0.25) is 5.02 Å². The van der Waals surface area contributed by atoms with Crippen molar-refractivity contribution >= 4 is 17.6 Å². The van der Waals surface area contributed by atoms with Crippen molar-refractivity contribution in [3.05, 3.63) is 40.4 Å². The Morgan fingerprint density at radius 3 is 3.00 bits per heavy atom. The Balaban J connectivity index is 1.56. The van der Waals surface area contributed by atoms with E-state index in [0.717, 1.165) is 67.8 Å². The van der Waals surface area contributed by atoms with Gasteiger partial charge in [0.1, 0.15) is 18.1 Å². The first-order valence-electron chi connectivity index (χ1n) is 8.96. The van der Waals surface area contributed by atoms with Crippen molar-refractivity contribution in [3.63, 3.8) is 0 Å². The first-order chi connectivity index (χ1) is 12.7. The average Bonchev–Trinajstić information content (AvgIpc) is 3.25. The van der Waals surface area contributed by atoms with E-state index < -0.39 is 0 Å². The van der Waals surface area contributed by atoms with Gasteiger partial charge in [-0.15, -0.1) is 10.2 Å². The van der Waals surface area contributed by atoms with Gasteiger partial charge in [0.05, 0.1) is 7.11 Å². The van der Waals surface area contributed by atoms with Crippen molar-refractivity contribution in [2.45, 2.75) is 39.3 Å². The minimum Gasteiger partial charge on any atom is -0.497 e. The van der Waals surface area contributed by atoms with E-state index in [9.17, 15) is 0 Å². The number of halogens is 1. The Labute approximate surface area is 158 Å². The Morgan fingerprint density at radius 1 is 1.35 bits per heavy atom. The number of hydrogen-bond acceptors (Lipinski definition) is 4. The average molecular weight is 377 g/mol. The summed E-state index contributed by atoms with van der Waals surface area (Å²) in [6.45, 7) is 5.09. The number of hydrogen-bond donors (Lipinski definition) is 2. The van der Waals surface area contributed by atoms with Crippen LogP contribution in [0.1, 0.15) is 30.6 Å². The summed E-state index contributed by atoms with van der Waals surface area (Å²) >= 11 is 6.30. The maximum Gasteiger partial charge on any atom is 0.191 e. The molecule has 0 atom stereocenters. The summed E-state index contributed by atoms with van der Waals surface area (Å²) in [5.41, 5.74) is 1.08. The quantitative estimate of drug-likeness (QED) is 0.572. The highest BCUT2D eigenvalue weighted by molar-refractivity contribution is 6.31. The topological polar surface area (TPSA) is 76.4 Å².